The van der Waals surface area contributed by atoms with Gasteiger partial charge in [0, 0.05) is 11.6 Å². The van der Waals surface area contributed by atoms with Crippen LogP contribution in [-0.4, -0.2) is 20.8 Å². The first-order valence-corrected chi connectivity index (χ1v) is 9.91. The van der Waals surface area contributed by atoms with Crippen molar-refractivity contribution in [2.24, 2.45) is 4.40 Å². The monoisotopic (exact) mass is 365 g/mol. The quantitative estimate of drug-likeness (QED) is 0.455. The maximum atomic E-state index is 12.4. The first-order chi connectivity index (χ1) is 11.1. The lowest BCUT2D eigenvalue weighted by atomic mass is 10.0. The summed E-state index contributed by atoms with van der Waals surface area (Å²) in [5, 5.41) is 1.12. The van der Waals surface area contributed by atoms with Gasteiger partial charge in [-0.05, 0) is 58.1 Å². The van der Waals surface area contributed by atoms with Crippen LogP contribution >= 0.6 is 11.8 Å². The van der Waals surface area contributed by atoms with Gasteiger partial charge in [-0.3, -0.25) is 4.79 Å². The molecule has 0 spiro atoms. The van der Waals surface area contributed by atoms with Crippen LogP contribution in [0, 0.1) is 6.92 Å². The van der Waals surface area contributed by atoms with E-state index in [1.165, 1.54) is 17.8 Å². The van der Waals surface area contributed by atoms with Crippen LogP contribution in [0.3, 0.4) is 0 Å². The largest absolute Gasteiger partial charge is 0.591 e. The predicted octanol–water partition coefficient (Wildman–Crippen LogP) is 4.48. The van der Waals surface area contributed by atoms with Crippen LogP contribution in [0.15, 0.2) is 36.9 Å². The van der Waals surface area contributed by atoms with Crippen LogP contribution in [0.25, 0.3) is 11.0 Å². The highest BCUT2D eigenvalue weighted by Gasteiger charge is 2.27. The molecule has 1 unspecified atom stereocenters. The van der Waals surface area contributed by atoms with Crippen molar-refractivity contribution in [1.82, 2.24) is 0 Å². The molecule has 0 saturated carbocycles. The first kappa shape index (κ1) is 19.1. The Morgan fingerprint density at radius 2 is 2.00 bits per heavy atom. The van der Waals surface area contributed by atoms with Crippen LogP contribution < -0.4 is 5.43 Å². The lowest BCUT2D eigenvalue weighted by Gasteiger charge is -2.19. The van der Waals surface area contributed by atoms with Crippen molar-refractivity contribution < 1.29 is 8.97 Å². The van der Waals surface area contributed by atoms with E-state index in [0.717, 1.165) is 16.9 Å². The normalized spacial score (nSPS) is 14.2. The minimum Gasteiger partial charge on any atom is -0.591 e. The van der Waals surface area contributed by atoms with Crippen molar-refractivity contribution in [3.63, 3.8) is 0 Å². The fourth-order valence-electron chi connectivity index (χ4n) is 2.17. The van der Waals surface area contributed by atoms with Gasteiger partial charge >= 0.3 is 0 Å². The molecule has 1 atom stereocenters. The number of hydrogen-bond donors (Lipinski definition) is 0. The Kier molecular flexibility index (Phi) is 5.83. The zero-order valence-corrected chi connectivity index (χ0v) is 16.6. The molecule has 0 aliphatic rings. The van der Waals surface area contributed by atoms with E-state index in [0.29, 0.717) is 21.8 Å². The molecule has 0 fully saturated rings. The summed E-state index contributed by atoms with van der Waals surface area (Å²) in [5.41, 5.74) is 2.71. The molecule has 0 radical (unpaired) electrons. The molecule has 0 bridgehead atoms. The number of aryl methyl sites for hydroxylation is 1. The third-order valence-corrected chi connectivity index (χ3v) is 5.63. The van der Waals surface area contributed by atoms with E-state index in [1.54, 1.807) is 6.92 Å². The minimum absolute atomic E-state index is 0.0677. The molecule has 2 rings (SSSR count). The Morgan fingerprint density at radius 3 is 2.58 bits per heavy atom. The maximum Gasteiger partial charge on any atom is 0.193 e. The zero-order valence-electron chi connectivity index (χ0n) is 14.9. The average molecular weight is 366 g/mol. The Labute approximate surface area is 150 Å². The smallest absolute Gasteiger partial charge is 0.193 e. The minimum atomic E-state index is -1.37. The van der Waals surface area contributed by atoms with E-state index < -0.39 is 16.1 Å². The fourth-order valence-corrected chi connectivity index (χ4v) is 3.41. The SMILES string of the molecule is CCSc1cc(=O)c2cc(C)cc(/C(C)=N/[S+]([O-])C(C)(C)C)c2o1. The highest BCUT2D eigenvalue weighted by Crippen LogP contribution is 2.26. The summed E-state index contributed by atoms with van der Waals surface area (Å²) in [7, 11) is 0. The van der Waals surface area contributed by atoms with E-state index in [1.807, 2.05) is 46.8 Å². The summed E-state index contributed by atoms with van der Waals surface area (Å²) in [6, 6.07) is 5.27. The molecule has 6 heteroatoms. The summed E-state index contributed by atoms with van der Waals surface area (Å²) in [6.45, 7) is 11.4. The number of hydrogen-bond acceptors (Lipinski definition) is 5. The molecule has 4 nitrogen and oxygen atoms in total. The summed E-state index contributed by atoms with van der Waals surface area (Å²) in [6.07, 6.45) is 0. The molecule has 0 saturated heterocycles. The second-order valence-corrected chi connectivity index (χ2v) is 9.76. The third-order valence-electron chi connectivity index (χ3n) is 3.37. The Hall–Kier alpha value is -1.24. The van der Waals surface area contributed by atoms with E-state index in [4.69, 9.17) is 4.42 Å². The maximum absolute atomic E-state index is 12.4. The predicted molar refractivity (Wildman–Crippen MR) is 104 cm³/mol. The van der Waals surface area contributed by atoms with Gasteiger partial charge in [-0.25, -0.2) is 0 Å². The van der Waals surface area contributed by atoms with Crippen LogP contribution in [0.2, 0.25) is 0 Å². The van der Waals surface area contributed by atoms with Gasteiger partial charge in [-0.15, -0.1) is 0 Å². The van der Waals surface area contributed by atoms with Gasteiger partial charge in [0.05, 0.1) is 11.1 Å². The number of benzene rings is 1. The third kappa shape index (κ3) is 4.23. The summed E-state index contributed by atoms with van der Waals surface area (Å²) >= 11 is 0.112. The zero-order chi connectivity index (χ0) is 18.1. The van der Waals surface area contributed by atoms with Crippen molar-refractivity contribution in [2.75, 3.05) is 5.75 Å². The van der Waals surface area contributed by atoms with E-state index in [9.17, 15) is 9.35 Å². The van der Waals surface area contributed by atoms with Gasteiger partial charge in [0.15, 0.2) is 10.5 Å². The number of thioether (sulfide) groups is 1. The molecule has 130 valence electrons. The van der Waals surface area contributed by atoms with Crippen molar-refractivity contribution in [1.29, 1.82) is 0 Å². The van der Waals surface area contributed by atoms with E-state index in [2.05, 4.69) is 4.40 Å². The summed E-state index contributed by atoms with van der Waals surface area (Å²) < 4.78 is 22.2. The molecular formula is C18H23NO3S2. The molecule has 0 aliphatic heterocycles. The second kappa shape index (κ2) is 7.33. The highest BCUT2D eigenvalue weighted by atomic mass is 32.2. The molecule has 0 amide bonds. The van der Waals surface area contributed by atoms with Crippen molar-refractivity contribution in [3.8, 4) is 0 Å². The lowest BCUT2D eigenvalue weighted by molar-refractivity contribution is 0.499. The lowest BCUT2D eigenvalue weighted by Crippen LogP contribution is -2.26. The number of nitrogens with zero attached hydrogens (tertiary/aromatic N) is 1. The van der Waals surface area contributed by atoms with Crippen molar-refractivity contribution >= 4 is 39.8 Å². The standard InChI is InChI=1S/C18H23NO3S2/c1-7-23-16-10-15(20)14-9-11(2)8-13(17(14)22-16)12(3)19-24(21)18(4,5)6/h8-10H,7H2,1-6H3/b19-12+. The Morgan fingerprint density at radius 1 is 1.33 bits per heavy atom. The van der Waals surface area contributed by atoms with E-state index in [-0.39, 0.29) is 5.43 Å². The van der Waals surface area contributed by atoms with Gasteiger partial charge in [-0.2, -0.15) is 0 Å². The van der Waals surface area contributed by atoms with Gasteiger partial charge in [0.25, 0.3) is 0 Å². The van der Waals surface area contributed by atoms with Crippen molar-refractivity contribution in [2.45, 2.75) is 51.4 Å². The molecule has 0 N–H and O–H groups in total. The topological polar surface area (TPSA) is 65.6 Å². The van der Waals surface area contributed by atoms with Gasteiger partial charge < -0.3 is 8.97 Å². The molecular weight excluding hydrogens is 342 g/mol. The van der Waals surface area contributed by atoms with Gasteiger partial charge in [-0.1, -0.05) is 23.1 Å². The van der Waals surface area contributed by atoms with Crippen LogP contribution in [0.4, 0.5) is 0 Å². The van der Waals surface area contributed by atoms with Crippen LogP contribution in [-0.2, 0) is 11.4 Å². The molecule has 2 aromatic rings. The van der Waals surface area contributed by atoms with Crippen LogP contribution in [0.5, 0.6) is 0 Å². The molecule has 24 heavy (non-hydrogen) atoms. The molecule has 1 heterocycles. The molecule has 1 aromatic heterocycles. The number of rotatable bonds is 4. The van der Waals surface area contributed by atoms with Crippen molar-refractivity contribution in [3.05, 3.63) is 39.5 Å². The van der Waals surface area contributed by atoms with Gasteiger partial charge in [0.1, 0.15) is 21.7 Å². The first-order valence-electron chi connectivity index (χ1n) is 7.82. The average Bonchev–Trinajstić information content (AvgIpc) is 2.46. The fraction of sp³-hybridized carbons (Fsp3) is 0.444. The van der Waals surface area contributed by atoms with Gasteiger partial charge in [0.2, 0.25) is 0 Å². The second-order valence-electron chi connectivity index (χ2n) is 6.59. The molecule has 1 aromatic carbocycles. The van der Waals surface area contributed by atoms with Crippen LogP contribution in [0.1, 0.15) is 45.7 Å². The number of fused-ring (bicyclic) bond motifs is 1. The highest BCUT2D eigenvalue weighted by molar-refractivity contribution is 7.99. The Bertz CT molecular complexity index is 834. The van der Waals surface area contributed by atoms with E-state index >= 15 is 0 Å². The Balaban J connectivity index is 2.68. The summed E-state index contributed by atoms with van der Waals surface area (Å²) in [5.74, 6) is 0.816. The molecule has 0 aliphatic carbocycles. The summed E-state index contributed by atoms with van der Waals surface area (Å²) in [4.78, 5) is 12.4.